The Morgan fingerprint density at radius 3 is 2.57 bits per heavy atom. The molecule has 0 saturated heterocycles. The maximum Gasteiger partial charge on any atom is 0.345 e. The molecule has 0 aliphatic carbocycles. The van der Waals surface area contributed by atoms with Crippen molar-refractivity contribution in [1.29, 1.82) is 0 Å². The summed E-state index contributed by atoms with van der Waals surface area (Å²) in [6, 6.07) is -0.741. The Morgan fingerprint density at radius 1 is 1.38 bits per heavy atom. The van der Waals surface area contributed by atoms with Crippen LogP contribution in [0, 0.1) is 0 Å². The molecule has 0 aliphatic rings. The Hall–Kier alpha value is -2.16. The number of carbonyl (C=O) groups excluding carboxylic acids is 2. The number of carbonyl (C=O) groups is 2. The van der Waals surface area contributed by atoms with Gasteiger partial charge in [0, 0.05) is 13.1 Å². The van der Waals surface area contributed by atoms with Crippen LogP contribution < -0.4 is 11.6 Å². The van der Waals surface area contributed by atoms with Gasteiger partial charge in [-0.25, -0.2) is 24.6 Å². The molecule has 0 bridgehead atoms. The van der Waals surface area contributed by atoms with Crippen molar-refractivity contribution in [2.24, 2.45) is 5.84 Å². The minimum atomic E-state index is -0.775. The van der Waals surface area contributed by atoms with E-state index in [0.717, 1.165) is 17.3 Å². The Bertz CT molecular complexity index is 504. The Balaban J connectivity index is 2.98. The highest BCUT2D eigenvalue weighted by Gasteiger charge is 2.24. The fraction of sp³-hybridized carbons (Fsp3) is 0.583. The molecule has 2 amide bonds. The molecule has 9 heteroatoms. The molecule has 0 atom stereocenters. The number of rotatable bonds is 6. The molecule has 0 saturated carbocycles. The van der Waals surface area contributed by atoms with Gasteiger partial charge >= 0.3 is 6.03 Å². The lowest BCUT2D eigenvalue weighted by atomic mass is 10.3. The van der Waals surface area contributed by atoms with Gasteiger partial charge in [-0.3, -0.25) is 9.80 Å². The second kappa shape index (κ2) is 7.58. The topological polar surface area (TPSA) is 110 Å². The monoisotopic (exact) mass is 300 g/mol. The molecule has 0 aromatic carbocycles. The van der Waals surface area contributed by atoms with E-state index in [1.165, 1.54) is 0 Å². The molecule has 21 heavy (non-hydrogen) atoms. The molecule has 1 aromatic heterocycles. The van der Waals surface area contributed by atoms with Crippen LogP contribution in [0.25, 0.3) is 0 Å². The number of imidazole rings is 1. The smallest absolute Gasteiger partial charge is 0.345 e. The standard InChI is InChI=1S/C12H21FN6O2/c1-3-6-17(4-2)11(20)9-10(14)18(8-16-9)12(21)19(15)7-5-13/h8H,3-7,14-15H2,1-2H3. The molecule has 118 valence electrons. The Morgan fingerprint density at radius 2 is 2.05 bits per heavy atom. The maximum atomic E-state index is 12.3. The molecule has 0 aliphatic heterocycles. The van der Waals surface area contributed by atoms with Crippen LogP contribution in [0.4, 0.5) is 15.0 Å². The van der Waals surface area contributed by atoms with E-state index >= 15 is 0 Å². The fourth-order valence-corrected chi connectivity index (χ4v) is 1.82. The molecular weight excluding hydrogens is 279 g/mol. The first-order valence-electron chi connectivity index (χ1n) is 6.72. The van der Waals surface area contributed by atoms with Crippen LogP contribution >= 0.6 is 0 Å². The molecule has 0 spiro atoms. The van der Waals surface area contributed by atoms with Crippen LogP contribution in [0.5, 0.6) is 0 Å². The minimum absolute atomic E-state index is 0.00713. The van der Waals surface area contributed by atoms with Gasteiger partial charge in [-0.05, 0) is 13.3 Å². The van der Waals surface area contributed by atoms with E-state index in [0.29, 0.717) is 18.1 Å². The summed E-state index contributed by atoms with van der Waals surface area (Å²) in [5.74, 6) is 4.94. The first-order valence-corrected chi connectivity index (χ1v) is 6.72. The molecule has 0 fully saturated rings. The van der Waals surface area contributed by atoms with Crippen molar-refractivity contribution in [3.8, 4) is 0 Å². The third-order valence-electron chi connectivity index (χ3n) is 2.95. The number of nitrogens with zero attached hydrogens (tertiary/aromatic N) is 4. The molecule has 4 N–H and O–H groups in total. The molecule has 1 heterocycles. The van der Waals surface area contributed by atoms with E-state index in [1.807, 2.05) is 13.8 Å². The predicted octanol–water partition coefficient (Wildman–Crippen LogP) is 0.451. The van der Waals surface area contributed by atoms with Crippen LogP contribution in [-0.2, 0) is 0 Å². The number of alkyl halides is 1. The van der Waals surface area contributed by atoms with Crippen LogP contribution in [0.15, 0.2) is 6.33 Å². The summed E-state index contributed by atoms with van der Waals surface area (Å²) in [6.07, 6.45) is 1.91. The quantitative estimate of drug-likeness (QED) is 0.450. The van der Waals surface area contributed by atoms with Crippen molar-refractivity contribution in [3.05, 3.63) is 12.0 Å². The summed E-state index contributed by atoms with van der Waals surface area (Å²) in [5, 5.41) is 0.677. The number of nitrogens with two attached hydrogens (primary N) is 2. The van der Waals surface area contributed by atoms with Crippen LogP contribution in [0.2, 0.25) is 0 Å². The lowest BCUT2D eigenvalue weighted by molar-refractivity contribution is 0.0760. The van der Waals surface area contributed by atoms with Gasteiger partial charge in [0.2, 0.25) is 0 Å². The van der Waals surface area contributed by atoms with Gasteiger partial charge in [-0.2, -0.15) is 0 Å². The number of aromatic nitrogens is 2. The Kier molecular flexibility index (Phi) is 6.10. The van der Waals surface area contributed by atoms with E-state index in [1.54, 1.807) is 4.90 Å². The zero-order valence-electron chi connectivity index (χ0n) is 12.3. The normalized spacial score (nSPS) is 10.5. The van der Waals surface area contributed by atoms with Crippen LogP contribution in [-0.4, -0.2) is 57.7 Å². The summed E-state index contributed by atoms with van der Waals surface area (Å²) < 4.78 is 13.1. The highest BCUT2D eigenvalue weighted by Crippen LogP contribution is 2.14. The number of nitrogen functional groups attached to an aromatic ring is 1. The summed E-state index contributed by atoms with van der Waals surface area (Å²) in [4.78, 5) is 29.6. The first-order chi connectivity index (χ1) is 9.97. The fourth-order valence-electron chi connectivity index (χ4n) is 1.82. The van der Waals surface area contributed by atoms with E-state index in [9.17, 15) is 14.0 Å². The number of anilines is 1. The van der Waals surface area contributed by atoms with Gasteiger partial charge < -0.3 is 10.6 Å². The van der Waals surface area contributed by atoms with Crippen molar-refractivity contribution < 1.29 is 14.0 Å². The van der Waals surface area contributed by atoms with Crippen molar-refractivity contribution in [2.45, 2.75) is 20.3 Å². The van der Waals surface area contributed by atoms with Gasteiger partial charge in [-0.1, -0.05) is 6.92 Å². The van der Waals surface area contributed by atoms with Crippen molar-refractivity contribution >= 4 is 17.8 Å². The van der Waals surface area contributed by atoms with Gasteiger partial charge in [0.1, 0.15) is 18.8 Å². The largest absolute Gasteiger partial charge is 0.383 e. The summed E-state index contributed by atoms with van der Waals surface area (Å²) in [5.41, 5.74) is 5.78. The maximum absolute atomic E-state index is 12.3. The molecule has 1 aromatic rings. The summed E-state index contributed by atoms with van der Waals surface area (Å²) >= 11 is 0. The second-order valence-corrected chi connectivity index (χ2v) is 4.40. The SMILES string of the molecule is CCCN(CC)C(=O)c1ncn(C(=O)N(N)CCF)c1N. The molecule has 0 unspecified atom stereocenters. The number of amides is 2. The third-order valence-corrected chi connectivity index (χ3v) is 2.95. The number of hydrazine groups is 1. The molecule has 1 rings (SSSR count). The van der Waals surface area contributed by atoms with Crippen molar-refractivity contribution in [1.82, 2.24) is 19.5 Å². The first kappa shape index (κ1) is 16.9. The average Bonchev–Trinajstić information content (AvgIpc) is 2.85. The van der Waals surface area contributed by atoms with Crippen LogP contribution in [0.1, 0.15) is 30.8 Å². The third kappa shape index (κ3) is 3.69. The van der Waals surface area contributed by atoms with Gasteiger partial charge in [0.05, 0.1) is 6.54 Å². The van der Waals surface area contributed by atoms with E-state index < -0.39 is 12.7 Å². The lowest BCUT2D eigenvalue weighted by Crippen LogP contribution is -2.42. The van der Waals surface area contributed by atoms with Gasteiger partial charge in [0.25, 0.3) is 5.91 Å². The number of hydrogen-bond acceptors (Lipinski definition) is 5. The molecule has 8 nitrogen and oxygen atoms in total. The average molecular weight is 300 g/mol. The zero-order chi connectivity index (χ0) is 16.0. The second-order valence-electron chi connectivity index (χ2n) is 4.40. The highest BCUT2D eigenvalue weighted by atomic mass is 19.1. The molecular formula is C12H21FN6O2. The summed E-state index contributed by atoms with van der Waals surface area (Å²) in [6.45, 7) is 3.83. The zero-order valence-corrected chi connectivity index (χ0v) is 12.3. The van der Waals surface area contributed by atoms with E-state index in [2.05, 4.69) is 4.98 Å². The van der Waals surface area contributed by atoms with E-state index in [-0.39, 0.29) is 24.0 Å². The summed E-state index contributed by atoms with van der Waals surface area (Å²) in [7, 11) is 0. The number of halogens is 1. The highest BCUT2D eigenvalue weighted by molar-refractivity contribution is 5.98. The molecule has 0 radical (unpaired) electrons. The lowest BCUT2D eigenvalue weighted by Gasteiger charge is -2.19. The van der Waals surface area contributed by atoms with Crippen LogP contribution in [0.3, 0.4) is 0 Å². The minimum Gasteiger partial charge on any atom is -0.383 e. The Labute approximate surface area is 122 Å². The van der Waals surface area contributed by atoms with Gasteiger partial charge in [-0.15, -0.1) is 0 Å². The van der Waals surface area contributed by atoms with Crippen molar-refractivity contribution in [2.75, 3.05) is 32.0 Å². The predicted molar refractivity (Wildman–Crippen MR) is 76.2 cm³/mol. The van der Waals surface area contributed by atoms with Crippen molar-refractivity contribution in [3.63, 3.8) is 0 Å². The number of hydrogen-bond donors (Lipinski definition) is 2. The van der Waals surface area contributed by atoms with Gasteiger partial charge in [0.15, 0.2) is 5.69 Å². The van der Waals surface area contributed by atoms with E-state index in [4.69, 9.17) is 11.6 Å².